The number of sulfonamides is 1. The van der Waals surface area contributed by atoms with Crippen molar-refractivity contribution in [2.24, 2.45) is 5.92 Å². The summed E-state index contributed by atoms with van der Waals surface area (Å²) in [5.74, 6) is -1.85. The van der Waals surface area contributed by atoms with Crippen LogP contribution in [0, 0.1) is 26.7 Å². The van der Waals surface area contributed by atoms with Crippen LogP contribution in [-0.2, 0) is 24.3 Å². The number of carbonyl (C=O) groups excluding carboxylic acids is 2. The predicted octanol–water partition coefficient (Wildman–Crippen LogP) is 2.90. The van der Waals surface area contributed by atoms with Gasteiger partial charge in [0, 0.05) is 19.3 Å². The molecule has 0 N–H and O–H groups in total. The monoisotopic (exact) mass is 456 g/mol. The first-order valence-electron chi connectivity index (χ1n) is 10.3. The summed E-state index contributed by atoms with van der Waals surface area (Å²) in [5.41, 5.74) is 3.43. The largest absolute Gasteiger partial charge is 0.469 e. The second-order valence-corrected chi connectivity index (χ2v) is 9.90. The minimum Gasteiger partial charge on any atom is -0.469 e. The molecule has 1 heterocycles. The summed E-state index contributed by atoms with van der Waals surface area (Å²) >= 11 is 0. The van der Waals surface area contributed by atoms with Gasteiger partial charge in [-0.15, -0.1) is 0 Å². The van der Waals surface area contributed by atoms with Gasteiger partial charge in [0.05, 0.1) is 24.5 Å². The maximum Gasteiger partial charge on any atom is 0.313 e. The fraction of sp³-hybridized carbons (Fsp3) is 0.333. The van der Waals surface area contributed by atoms with Crippen LogP contribution >= 0.6 is 0 Å². The Morgan fingerprint density at radius 2 is 1.66 bits per heavy atom. The molecule has 0 radical (unpaired) electrons. The molecule has 0 aliphatic carbocycles. The normalized spacial score (nSPS) is 19.7. The van der Waals surface area contributed by atoms with Gasteiger partial charge >= 0.3 is 5.97 Å². The van der Waals surface area contributed by atoms with E-state index in [1.165, 1.54) is 12.0 Å². The Morgan fingerprint density at radius 1 is 1.06 bits per heavy atom. The van der Waals surface area contributed by atoms with Crippen LogP contribution in [0.15, 0.2) is 53.4 Å². The molecule has 1 amide bonds. The summed E-state index contributed by atoms with van der Waals surface area (Å²) in [5, 5.41) is 0. The van der Waals surface area contributed by atoms with E-state index in [1.54, 1.807) is 39.1 Å². The van der Waals surface area contributed by atoms with Crippen molar-refractivity contribution < 1.29 is 22.7 Å². The van der Waals surface area contributed by atoms with Gasteiger partial charge < -0.3 is 9.64 Å². The van der Waals surface area contributed by atoms with Crippen molar-refractivity contribution in [2.45, 2.75) is 25.7 Å². The first-order chi connectivity index (χ1) is 15.1. The molecule has 1 atom stereocenters. The third-order valence-electron chi connectivity index (χ3n) is 5.58. The number of nitrogens with zero attached hydrogens (tertiary/aromatic N) is 2. The first-order valence-corrected chi connectivity index (χ1v) is 11.7. The molecule has 0 saturated carbocycles. The summed E-state index contributed by atoms with van der Waals surface area (Å²) < 4.78 is 33.3. The zero-order valence-corrected chi connectivity index (χ0v) is 19.8. The van der Waals surface area contributed by atoms with Crippen molar-refractivity contribution in [1.29, 1.82) is 0 Å². The van der Waals surface area contributed by atoms with Crippen molar-refractivity contribution in [3.05, 3.63) is 70.8 Å². The lowest BCUT2D eigenvalue weighted by Crippen LogP contribution is -2.46. The zero-order chi connectivity index (χ0) is 23.6. The van der Waals surface area contributed by atoms with E-state index < -0.39 is 27.8 Å². The number of rotatable bonds is 4. The molecule has 170 valence electrons. The smallest absolute Gasteiger partial charge is 0.313 e. The molecule has 2 aromatic rings. The number of likely N-dealkylation sites (N-methyl/N-ethyl adjacent to an activating group) is 1. The van der Waals surface area contributed by atoms with E-state index >= 15 is 0 Å². The summed E-state index contributed by atoms with van der Waals surface area (Å²) in [6.45, 7) is 4.78. The third-order valence-corrected chi connectivity index (χ3v) is 7.70. The van der Waals surface area contributed by atoms with E-state index in [1.807, 2.05) is 37.3 Å². The molecular formula is C24H28N2O5S. The Hall–Kier alpha value is -2.97. The quantitative estimate of drug-likeness (QED) is 0.661. The van der Waals surface area contributed by atoms with Crippen molar-refractivity contribution in [2.75, 3.05) is 27.2 Å². The number of methoxy groups -OCH3 is 1. The van der Waals surface area contributed by atoms with E-state index in [0.29, 0.717) is 16.8 Å². The Bertz CT molecular complexity index is 1150. The number of esters is 1. The summed E-state index contributed by atoms with van der Waals surface area (Å²) in [4.78, 5) is 27.2. The minimum absolute atomic E-state index is 0.162. The van der Waals surface area contributed by atoms with Crippen molar-refractivity contribution >= 4 is 27.6 Å². The average Bonchev–Trinajstić information content (AvgIpc) is 2.73. The van der Waals surface area contributed by atoms with Crippen LogP contribution in [-0.4, -0.2) is 56.7 Å². The van der Waals surface area contributed by atoms with Gasteiger partial charge in [0.15, 0.2) is 0 Å². The second-order valence-electron chi connectivity index (χ2n) is 8.03. The highest BCUT2D eigenvalue weighted by molar-refractivity contribution is 7.89. The molecule has 2 aromatic carbocycles. The lowest BCUT2D eigenvalue weighted by atomic mass is 10.0. The highest BCUT2D eigenvalue weighted by Crippen LogP contribution is 2.29. The van der Waals surface area contributed by atoms with Crippen LogP contribution in [0.1, 0.15) is 22.3 Å². The summed E-state index contributed by atoms with van der Waals surface area (Å²) in [6, 6.07) is 12.8. The zero-order valence-electron chi connectivity index (χ0n) is 19.0. The first kappa shape index (κ1) is 23.7. The lowest BCUT2D eigenvalue weighted by molar-refractivity contribution is -0.144. The van der Waals surface area contributed by atoms with Crippen LogP contribution in [0.5, 0.6) is 0 Å². The molecule has 0 saturated heterocycles. The number of amides is 1. The summed E-state index contributed by atoms with van der Waals surface area (Å²) in [6.07, 6.45) is 1.61. The van der Waals surface area contributed by atoms with Crippen molar-refractivity contribution in [3.63, 3.8) is 0 Å². The third kappa shape index (κ3) is 4.61. The molecule has 1 aliphatic heterocycles. The van der Waals surface area contributed by atoms with Gasteiger partial charge in [-0.2, -0.15) is 4.31 Å². The van der Waals surface area contributed by atoms with Crippen molar-refractivity contribution in [3.8, 4) is 0 Å². The minimum atomic E-state index is -4.04. The van der Waals surface area contributed by atoms with Crippen LogP contribution in [0.4, 0.5) is 0 Å². The Morgan fingerprint density at radius 3 is 2.22 bits per heavy atom. The molecule has 0 aromatic heterocycles. The Kier molecular flexibility index (Phi) is 6.85. The molecule has 7 nitrogen and oxygen atoms in total. The van der Waals surface area contributed by atoms with E-state index in [2.05, 4.69) is 0 Å². The standard InChI is InChI=1S/C24H28N2O5S/c1-16-11-17(2)23(18(3)12-16)32(29,30)26-14-20(24(28)31-5)13-21(25(4)22(27)15-26)19-9-7-6-8-10-19/h6-13,20H,14-15H2,1-5H3/b21-13-. The number of benzene rings is 2. The van der Waals surface area contributed by atoms with Crippen LogP contribution in [0.25, 0.3) is 5.70 Å². The number of ether oxygens (including phenoxy) is 1. The van der Waals surface area contributed by atoms with Crippen LogP contribution in [0.3, 0.4) is 0 Å². The SMILES string of the molecule is COC(=O)C1/C=C(/c2ccccc2)N(C)C(=O)CN(S(=O)(=O)c2c(C)cc(C)cc2C)C1. The molecule has 8 heteroatoms. The number of aryl methyl sites for hydroxylation is 3. The number of hydrogen-bond donors (Lipinski definition) is 0. The topological polar surface area (TPSA) is 84.0 Å². The molecule has 0 fully saturated rings. The lowest BCUT2D eigenvalue weighted by Gasteiger charge is -2.32. The van der Waals surface area contributed by atoms with Crippen LogP contribution in [0.2, 0.25) is 0 Å². The highest BCUT2D eigenvalue weighted by Gasteiger charge is 2.36. The molecule has 0 spiro atoms. The van der Waals surface area contributed by atoms with Gasteiger partial charge in [-0.05, 0) is 43.5 Å². The fourth-order valence-electron chi connectivity index (χ4n) is 4.11. The van der Waals surface area contributed by atoms with Gasteiger partial charge in [-0.25, -0.2) is 8.42 Å². The van der Waals surface area contributed by atoms with Gasteiger partial charge in [-0.1, -0.05) is 48.0 Å². The van der Waals surface area contributed by atoms with E-state index in [9.17, 15) is 18.0 Å². The molecule has 3 rings (SSSR count). The molecule has 0 bridgehead atoms. The molecule has 1 aliphatic rings. The number of hydrogen-bond acceptors (Lipinski definition) is 5. The van der Waals surface area contributed by atoms with E-state index in [4.69, 9.17) is 4.74 Å². The molecule has 32 heavy (non-hydrogen) atoms. The highest BCUT2D eigenvalue weighted by atomic mass is 32.2. The maximum atomic E-state index is 13.6. The Balaban J connectivity index is 2.12. The van der Waals surface area contributed by atoms with Gasteiger partial charge in [0.1, 0.15) is 0 Å². The fourth-order valence-corrected chi connectivity index (χ4v) is 5.94. The number of carbonyl (C=O) groups is 2. The van der Waals surface area contributed by atoms with Crippen molar-refractivity contribution in [1.82, 2.24) is 9.21 Å². The Labute approximate surface area is 189 Å². The summed E-state index contributed by atoms with van der Waals surface area (Å²) in [7, 11) is -1.20. The predicted molar refractivity (Wildman–Crippen MR) is 122 cm³/mol. The maximum absolute atomic E-state index is 13.6. The molecule has 1 unspecified atom stereocenters. The van der Waals surface area contributed by atoms with E-state index in [-0.39, 0.29) is 18.0 Å². The second kappa shape index (κ2) is 9.26. The molecular weight excluding hydrogens is 428 g/mol. The average molecular weight is 457 g/mol. The van der Waals surface area contributed by atoms with Gasteiger partial charge in [0.25, 0.3) is 0 Å². The van der Waals surface area contributed by atoms with Crippen LogP contribution < -0.4 is 0 Å². The van der Waals surface area contributed by atoms with Gasteiger partial charge in [-0.3, -0.25) is 9.59 Å². The van der Waals surface area contributed by atoms with Gasteiger partial charge in [0.2, 0.25) is 15.9 Å². The van der Waals surface area contributed by atoms with E-state index in [0.717, 1.165) is 15.4 Å².